The van der Waals surface area contributed by atoms with Crippen molar-refractivity contribution in [1.82, 2.24) is 0 Å². The van der Waals surface area contributed by atoms with Crippen molar-refractivity contribution in [2.24, 2.45) is 5.92 Å². The topological polar surface area (TPSA) is 52.9 Å². The molecule has 134 valence electrons. The Labute approximate surface area is 167 Å². The summed E-state index contributed by atoms with van der Waals surface area (Å²) in [6, 6.07) is 7.45. The standard InChI is InChI=1S/C20H18Cl2N2OS/c1-2-12-6-7-13-15(11-23)20(26-18(13)10-12)24-19(25)9-8-14-16(21)4-3-5-17(14)22/h3-5,8-9,12H,2,6-7,10H2,1H3,(H,24,25)/b9-8+. The first kappa shape index (κ1) is 19.0. The molecule has 0 spiro atoms. The molecule has 1 heterocycles. The first-order valence-corrected chi connectivity index (χ1v) is 10.1. The molecule has 1 atom stereocenters. The van der Waals surface area contributed by atoms with Crippen molar-refractivity contribution in [3.05, 3.63) is 55.9 Å². The largest absolute Gasteiger partial charge is 0.313 e. The highest BCUT2D eigenvalue weighted by atomic mass is 35.5. The molecule has 1 N–H and O–H groups in total. The molecule has 3 nitrogen and oxygen atoms in total. The van der Waals surface area contributed by atoms with Crippen molar-refractivity contribution in [3.63, 3.8) is 0 Å². The molecule has 2 aromatic rings. The lowest BCUT2D eigenvalue weighted by atomic mass is 9.86. The van der Waals surface area contributed by atoms with Crippen LogP contribution in [0.2, 0.25) is 10.0 Å². The Hall–Kier alpha value is -1.80. The van der Waals surface area contributed by atoms with Gasteiger partial charge in [0.05, 0.1) is 5.56 Å². The number of carbonyl (C=O) groups excluding carboxylic acids is 1. The second kappa shape index (κ2) is 8.26. The lowest BCUT2D eigenvalue weighted by Crippen LogP contribution is -2.12. The number of anilines is 1. The molecule has 3 rings (SSSR count). The van der Waals surface area contributed by atoms with Crippen LogP contribution < -0.4 is 5.32 Å². The minimum atomic E-state index is -0.303. The van der Waals surface area contributed by atoms with E-state index < -0.39 is 0 Å². The highest BCUT2D eigenvalue weighted by Gasteiger charge is 2.25. The quantitative estimate of drug-likeness (QED) is 0.626. The van der Waals surface area contributed by atoms with Crippen LogP contribution in [-0.2, 0) is 17.6 Å². The van der Waals surface area contributed by atoms with E-state index in [1.807, 2.05) is 0 Å². The summed E-state index contributed by atoms with van der Waals surface area (Å²) >= 11 is 13.7. The molecule has 6 heteroatoms. The summed E-state index contributed by atoms with van der Waals surface area (Å²) in [5.41, 5.74) is 2.32. The number of carbonyl (C=O) groups is 1. The molecule has 1 aromatic heterocycles. The van der Waals surface area contributed by atoms with Crippen LogP contribution in [0.25, 0.3) is 6.08 Å². The maximum Gasteiger partial charge on any atom is 0.249 e. The lowest BCUT2D eigenvalue weighted by Gasteiger charge is -2.20. The Balaban J connectivity index is 1.79. The van der Waals surface area contributed by atoms with Gasteiger partial charge in [0.25, 0.3) is 0 Å². The van der Waals surface area contributed by atoms with Gasteiger partial charge < -0.3 is 5.32 Å². The number of nitrogens with one attached hydrogen (secondary N) is 1. The molecule has 1 amide bonds. The van der Waals surface area contributed by atoms with Gasteiger partial charge in [-0.15, -0.1) is 11.3 Å². The number of amides is 1. The van der Waals surface area contributed by atoms with Crippen molar-refractivity contribution >= 4 is 51.5 Å². The number of thiophene rings is 1. The van der Waals surface area contributed by atoms with Crippen LogP contribution in [0.5, 0.6) is 0 Å². The van der Waals surface area contributed by atoms with Crippen molar-refractivity contribution in [3.8, 4) is 6.07 Å². The van der Waals surface area contributed by atoms with Gasteiger partial charge in [-0.3, -0.25) is 4.79 Å². The van der Waals surface area contributed by atoms with E-state index in [4.69, 9.17) is 23.2 Å². The molecule has 0 fully saturated rings. The van der Waals surface area contributed by atoms with E-state index in [2.05, 4.69) is 18.3 Å². The molecule has 1 aliphatic rings. The summed E-state index contributed by atoms with van der Waals surface area (Å²) in [7, 11) is 0. The smallest absolute Gasteiger partial charge is 0.249 e. The average Bonchev–Trinajstić information content (AvgIpc) is 2.97. The maximum absolute atomic E-state index is 12.3. The molecular weight excluding hydrogens is 387 g/mol. The minimum absolute atomic E-state index is 0.303. The summed E-state index contributed by atoms with van der Waals surface area (Å²) in [6.07, 6.45) is 7.13. The third kappa shape index (κ3) is 3.96. The van der Waals surface area contributed by atoms with E-state index in [0.717, 1.165) is 31.2 Å². The highest BCUT2D eigenvalue weighted by molar-refractivity contribution is 7.16. The van der Waals surface area contributed by atoms with Gasteiger partial charge >= 0.3 is 0 Å². The maximum atomic E-state index is 12.3. The van der Waals surface area contributed by atoms with E-state index in [0.29, 0.717) is 32.1 Å². The molecule has 0 radical (unpaired) electrons. The van der Waals surface area contributed by atoms with Crippen LogP contribution in [0.15, 0.2) is 24.3 Å². The zero-order valence-corrected chi connectivity index (χ0v) is 16.6. The van der Waals surface area contributed by atoms with Gasteiger partial charge in [0.1, 0.15) is 11.1 Å². The Morgan fingerprint density at radius 1 is 1.42 bits per heavy atom. The van der Waals surface area contributed by atoms with E-state index in [9.17, 15) is 10.1 Å². The number of fused-ring (bicyclic) bond motifs is 1. The predicted octanol–water partition coefficient (Wildman–Crippen LogP) is 6.09. The molecule has 1 aromatic carbocycles. The first-order valence-electron chi connectivity index (χ1n) is 8.51. The summed E-state index contributed by atoms with van der Waals surface area (Å²) in [6.45, 7) is 2.20. The number of hydrogen-bond donors (Lipinski definition) is 1. The van der Waals surface area contributed by atoms with Crippen LogP contribution in [0.3, 0.4) is 0 Å². The fourth-order valence-electron chi connectivity index (χ4n) is 3.19. The zero-order chi connectivity index (χ0) is 18.7. The van der Waals surface area contributed by atoms with Crippen LogP contribution in [0, 0.1) is 17.2 Å². The fraction of sp³-hybridized carbons (Fsp3) is 0.300. The van der Waals surface area contributed by atoms with E-state index in [1.54, 1.807) is 24.3 Å². The molecule has 0 saturated carbocycles. The van der Waals surface area contributed by atoms with Gasteiger partial charge in [-0.05, 0) is 49.0 Å². The Kier molecular flexibility index (Phi) is 6.03. The summed E-state index contributed by atoms with van der Waals surface area (Å²) in [5, 5.41) is 14.0. The first-order chi connectivity index (χ1) is 12.5. The zero-order valence-electron chi connectivity index (χ0n) is 14.3. The van der Waals surface area contributed by atoms with Gasteiger partial charge in [-0.1, -0.05) is 42.6 Å². The number of rotatable bonds is 4. The van der Waals surface area contributed by atoms with E-state index in [-0.39, 0.29) is 5.91 Å². The summed E-state index contributed by atoms with van der Waals surface area (Å²) in [5.74, 6) is 0.363. The van der Waals surface area contributed by atoms with E-state index >= 15 is 0 Å². The number of nitriles is 1. The molecule has 0 bridgehead atoms. The van der Waals surface area contributed by atoms with Crippen LogP contribution in [0.1, 0.15) is 41.3 Å². The minimum Gasteiger partial charge on any atom is -0.313 e. The third-order valence-corrected chi connectivity index (χ3v) is 6.52. The Morgan fingerprint density at radius 3 is 2.81 bits per heavy atom. The Bertz CT molecular complexity index is 891. The van der Waals surface area contributed by atoms with Crippen LogP contribution in [-0.4, -0.2) is 5.91 Å². The second-order valence-electron chi connectivity index (χ2n) is 6.29. The molecule has 1 unspecified atom stereocenters. The second-order valence-corrected chi connectivity index (χ2v) is 8.21. The van der Waals surface area contributed by atoms with Gasteiger partial charge in [0, 0.05) is 26.6 Å². The normalized spacial score (nSPS) is 16.3. The molecule has 1 aliphatic carbocycles. The van der Waals surface area contributed by atoms with Crippen LogP contribution >= 0.6 is 34.5 Å². The number of halogens is 2. The number of hydrogen-bond acceptors (Lipinski definition) is 3. The highest BCUT2D eigenvalue weighted by Crippen LogP contribution is 2.40. The van der Waals surface area contributed by atoms with Crippen molar-refractivity contribution < 1.29 is 4.79 Å². The molecular formula is C20H18Cl2N2OS. The SMILES string of the molecule is CCC1CCc2c(sc(NC(=O)/C=C/c3c(Cl)cccc3Cl)c2C#N)C1. The van der Waals surface area contributed by atoms with Gasteiger partial charge in [-0.2, -0.15) is 5.26 Å². The van der Waals surface area contributed by atoms with Crippen molar-refractivity contribution in [2.45, 2.75) is 32.6 Å². The van der Waals surface area contributed by atoms with Gasteiger partial charge in [-0.25, -0.2) is 0 Å². The van der Waals surface area contributed by atoms with Gasteiger partial charge in [0.15, 0.2) is 0 Å². The average molecular weight is 405 g/mol. The number of nitrogens with zero attached hydrogens (tertiary/aromatic N) is 1. The Morgan fingerprint density at radius 2 is 2.15 bits per heavy atom. The lowest BCUT2D eigenvalue weighted by molar-refractivity contribution is -0.111. The molecule has 26 heavy (non-hydrogen) atoms. The van der Waals surface area contributed by atoms with E-state index in [1.165, 1.54) is 22.3 Å². The molecule has 0 aliphatic heterocycles. The molecule has 0 saturated heterocycles. The number of benzene rings is 1. The predicted molar refractivity (Wildman–Crippen MR) is 109 cm³/mol. The van der Waals surface area contributed by atoms with Gasteiger partial charge in [0.2, 0.25) is 5.91 Å². The summed E-state index contributed by atoms with van der Waals surface area (Å²) < 4.78 is 0. The fourth-order valence-corrected chi connectivity index (χ4v) is 5.03. The summed E-state index contributed by atoms with van der Waals surface area (Å²) in [4.78, 5) is 13.6. The van der Waals surface area contributed by atoms with Crippen molar-refractivity contribution in [2.75, 3.05) is 5.32 Å². The van der Waals surface area contributed by atoms with Crippen molar-refractivity contribution in [1.29, 1.82) is 5.26 Å². The van der Waals surface area contributed by atoms with Crippen LogP contribution in [0.4, 0.5) is 5.00 Å². The monoisotopic (exact) mass is 404 g/mol. The third-order valence-electron chi connectivity index (χ3n) is 4.69.